The number of hydrogen-bond donors (Lipinski definition) is 2. The van der Waals surface area contributed by atoms with Gasteiger partial charge in [-0.1, -0.05) is 26.7 Å². The maximum atomic E-state index is 4.27. The summed E-state index contributed by atoms with van der Waals surface area (Å²) in [4.78, 5) is 6.93. The van der Waals surface area contributed by atoms with Gasteiger partial charge in [0.25, 0.3) is 0 Å². The summed E-state index contributed by atoms with van der Waals surface area (Å²) in [6.07, 6.45) is 7.79. The smallest absolute Gasteiger partial charge is 0.191 e. The van der Waals surface area contributed by atoms with E-state index in [1.807, 2.05) is 7.05 Å². The number of likely N-dealkylation sites (tertiary alicyclic amines) is 1. The van der Waals surface area contributed by atoms with E-state index in [9.17, 15) is 0 Å². The summed E-state index contributed by atoms with van der Waals surface area (Å²) >= 11 is 0. The van der Waals surface area contributed by atoms with Crippen LogP contribution < -0.4 is 10.6 Å². The number of nitrogens with one attached hydrogen (secondary N) is 2. The van der Waals surface area contributed by atoms with E-state index in [1.165, 1.54) is 45.2 Å². The summed E-state index contributed by atoms with van der Waals surface area (Å²) in [7, 11) is 1.85. The first-order valence-electron chi connectivity index (χ1n) is 8.00. The second kappa shape index (κ2) is 12.7. The summed E-state index contributed by atoms with van der Waals surface area (Å²) in [6.45, 7) is 8.98. The highest BCUT2D eigenvalue weighted by Crippen LogP contribution is 2.16. The van der Waals surface area contributed by atoms with Crippen molar-refractivity contribution in [3.05, 3.63) is 0 Å². The second-order valence-electron chi connectivity index (χ2n) is 5.42. The lowest BCUT2D eigenvalue weighted by Gasteiger charge is -2.36. The molecule has 0 spiro atoms. The molecule has 0 aliphatic carbocycles. The van der Waals surface area contributed by atoms with Crippen molar-refractivity contribution in [2.24, 2.45) is 4.99 Å². The first-order valence-corrected chi connectivity index (χ1v) is 8.00. The van der Waals surface area contributed by atoms with Crippen molar-refractivity contribution < 1.29 is 0 Å². The number of hydrogen-bond acceptors (Lipinski definition) is 2. The van der Waals surface area contributed by atoms with Gasteiger partial charge in [-0.25, -0.2) is 0 Å². The van der Waals surface area contributed by atoms with Crippen molar-refractivity contribution >= 4 is 29.9 Å². The van der Waals surface area contributed by atoms with Crippen molar-refractivity contribution in [2.75, 3.05) is 33.2 Å². The fourth-order valence-electron chi connectivity index (χ4n) is 2.63. The van der Waals surface area contributed by atoms with Gasteiger partial charge < -0.3 is 10.6 Å². The monoisotopic (exact) mass is 396 g/mol. The van der Waals surface area contributed by atoms with Gasteiger partial charge in [-0.2, -0.15) is 0 Å². The Morgan fingerprint density at radius 1 is 1.20 bits per heavy atom. The molecule has 0 saturated carbocycles. The van der Waals surface area contributed by atoms with Crippen LogP contribution in [0.4, 0.5) is 0 Å². The molecule has 1 saturated heterocycles. The quantitative estimate of drug-likeness (QED) is 0.395. The molecule has 20 heavy (non-hydrogen) atoms. The van der Waals surface area contributed by atoms with Crippen LogP contribution in [0.3, 0.4) is 0 Å². The molecule has 1 aliphatic rings. The zero-order chi connectivity index (χ0) is 13.9. The van der Waals surface area contributed by atoms with E-state index in [0.717, 1.165) is 25.5 Å². The van der Waals surface area contributed by atoms with Gasteiger partial charge in [0.1, 0.15) is 0 Å². The number of halogens is 1. The van der Waals surface area contributed by atoms with Gasteiger partial charge in [0.05, 0.1) is 0 Å². The molecule has 1 rings (SSSR count). The van der Waals surface area contributed by atoms with Gasteiger partial charge >= 0.3 is 0 Å². The Kier molecular flexibility index (Phi) is 12.7. The molecule has 0 aromatic heterocycles. The fraction of sp³-hybridized carbons (Fsp3) is 0.933. The van der Waals surface area contributed by atoms with Crippen LogP contribution in [0, 0.1) is 0 Å². The number of rotatable bonds is 7. The molecular formula is C15H33IN4. The lowest BCUT2D eigenvalue weighted by Crippen LogP contribution is -2.49. The van der Waals surface area contributed by atoms with Crippen LogP contribution in [0.25, 0.3) is 0 Å². The maximum absolute atomic E-state index is 4.27. The summed E-state index contributed by atoms with van der Waals surface area (Å²) in [6, 6.07) is 0.681. The van der Waals surface area contributed by atoms with E-state index in [1.54, 1.807) is 0 Å². The summed E-state index contributed by atoms with van der Waals surface area (Å²) in [5.41, 5.74) is 0. The van der Waals surface area contributed by atoms with Crippen molar-refractivity contribution in [3.63, 3.8) is 0 Å². The Morgan fingerprint density at radius 3 is 2.65 bits per heavy atom. The molecule has 0 amide bonds. The van der Waals surface area contributed by atoms with Gasteiger partial charge in [-0.05, 0) is 38.8 Å². The Morgan fingerprint density at radius 2 is 2.00 bits per heavy atom. The van der Waals surface area contributed by atoms with Gasteiger partial charge in [0.2, 0.25) is 0 Å². The highest BCUT2D eigenvalue weighted by Gasteiger charge is 2.21. The molecule has 1 atom stereocenters. The first kappa shape index (κ1) is 20.0. The third-order valence-corrected chi connectivity index (χ3v) is 3.82. The first-order chi connectivity index (χ1) is 9.31. The molecule has 0 aromatic carbocycles. The predicted molar refractivity (Wildman–Crippen MR) is 99.2 cm³/mol. The van der Waals surface area contributed by atoms with Crippen LogP contribution in [0.2, 0.25) is 0 Å². The zero-order valence-electron chi connectivity index (χ0n) is 13.5. The molecule has 2 N–H and O–H groups in total. The average Bonchev–Trinajstić information content (AvgIpc) is 2.46. The number of nitrogens with zero attached hydrogens (tertiary/aromatic N) is 2. The predicted octanol–water partition coefficient (Wildman–Crippen LogP) is 2.83. The molecule has 0 bridgehead atoms. The highest BCUT2D eigenvalue weighted by atomic mass is 127. The van der Waals surface area contributed by atoms with E-state index in [2.05, 4.69) is 34.4 Å². The molecule has 0 aromatic rings. The third kappa shape index (κ3) is 7.67. The summed E-state index contributed by atoms with van der Waals surface area (Å²) in [5, 5.41) is 6.81. The van der Waals surface area contributed by atoms with Gasteiger partial charge in [-0.3, -0.25) is 9.89 Å². The molecule has 0 radical (unpaired) electrons. The lowest BCUT2D eigenvalue weighted by molar-refractivity contribution is 0.147. The van der Waals surface area contributed by atoms with Crippen LogP contribution >= 0.6 is 24.0 Å². The molecule has 1 aliphatic heterocycles. The topological polar surface area (TPSA) is 39.7 Å². The second-order valence-corrected chi connectivity index (χ2v) is 5.42. The third-order valence-electron chi connectivity index (χ3n) is 3.82. The maximum Gasteiger partial charge on any atom is 0.191 e. The van der Waals surface area contributed by atoms with Gasteiger partial charge in [0.15, 0.2) is 5.96 Å². The molecule has 120 valence electrons. The lowest BCUT2D eigenvalue weighted by atomic mass is 10.0. The van der Waals surface area contributed by atoms with Crippen molar-refractivity contribution in [2.45, 2.75) is 58.4 Å². The van der Waals surface area contributed by atoms with E-state index < -0.39 is 0 Å². The fourth-order valence-corrected chi connectivity index (χ4v) is 2.63. The summed E-state index contributed by atoms with van der Waals surface area (Å²) in [5.74, 6) is 0.947. The average molecular weight is 396 g/mol. The molecule has 1 unspecified atom stereocenters. The Balaban J connectivity index is 0.00000361. The Labute approximate surface area is 142 Å². The highest BCUT2D eigenvalue weighted by molar-refractivity contribution is 14.0. The number of piperidine rings is 1. The Bertz CT molecular complexity index is 258. The minimum absolute atomic E-state index is 0. The van der Waals surface area contributed by atoms with Crippen molar-refractivity contribution in [1.82, 2.24) is 15.5 Å². The summed E-state index contributed by atoms with van der Waals surface area (Å²) < 4.78 is 0. The van der Waals surface area contributed by atoms with Crippen molar-refractivity contribution in [3.8, 4) is 0 Å². The molecule has 4 nitrogen and oxygen atoms in total. The zero-order valence-corrected chi connectivity index (χ0v) is 15.8. The number of guanidine groups is 1. The van der Waals surface area contributed by atoms with Gasteiger partial charge in [-0.15, -0.1) is 24.0 Å². The van der Waals surface area contributed by atoms with Crippen LogP contribution in [0.15, 0.2) is 4.99 Å². The molecule has 1 fully saturated rings. The van der Waals surface area contributed by atoms with E-state index in [-0.39, 0.29) is 24.0 Å². The largest absolute Gasteiger partial charge is 0.356 e. The van der Waals surface area contributed by atoms with Gasteiger partial charge in [0, 0.05) is 26.2 Å². The number of aliphatic imine (C=N–C) groups is 1. The minimum atomic E-state index is 0. The van der Waals surface area contributed by atoms with Crippen molar-refractivity contribution in [1.29, 1.82) is 0 Å². The SMILES string of the molecule is CCCCN1CCCCC1CNC(=NC)NCCC.I. The Hall–Kier alpha value is -0.0400. The van der Waals surface area contributed by atoms with E-state index in [0.29, 0.717) is 6.04 Å². The number of unbranched alkanes of at least 4 members (excludes halogenated alkanes) is 1. The van der Waals surface area contributed by atoms with E-state index in [4.69, 9.17) is 0 Å². The van der Waals surface area contributed by atoms with Crippen LogP contribution in [0.1, 0.15) is 52.4 Å². The minimum Gasteiger partial charge on any atom is -0.356 e. The normalized spacial score (nSPS) is 20.4. The molecular weight excluding hydrogens is 363 g/mol. The standard InChI is InChI=1S/C15H32N4.HI/c1-4-6-11-19-12-8-7-9-14(19)13-18-15(16-3)17-10-5-2;/h14H,4-13H2,1-3H3,(H2,16,17,18);1H. The molecule has 1 heterocycles. The van der Waals surface area contributed by atoms with Crippen LogP contribution in [-0.2, 0) is 0 Å². The van der Waals surface area contributed by atoms with Crippen LogP contribution in [-0.4, -0.2) is 50.1 Å². The molecule has 5 heteroatoms. The van der Waals surface area contributed by atoms with Crippen LogP contribution in [0.5, 0.6) is 0 Å². The van der Waals surface area contributed by atoms with E-state index >= 15 is 0 Å².